The van der Waals surface area contributed by atoms with E-state index >= 15 is 0 Å². The number of carbonyl (C=O) groups excluding carboxylic acids is 1. The van der Waals surface area contributed by atoms with Gasteiger partial charge in [-0.3, -0.25) is 4.79 Å². The van der Waals surface area contributed by atoms with Gasteiger partial charge in [0.15, 0.2) is 0 Å². The van der Waals surface area contributed by atoms with Gasteiger partial charge in [0.1, 0.15) is 6.54 Å². The number of sulfonamides is 1. The Kier molecular flexibility index (Phi) is 6.98. The van der Waals surface area contributed by atoms with Crippen LogP contribution in [0.1, 0.15) is 37.0 Å². The second-order valence-corrected chi connectivity index (χ2v) is 7.31. The molecule has 25 heavy (non-hydrogen) atoms. The average molecular weight is 381 g/mol. The van der Waals surface area contributed by atoms with Gasteiger partial charge in [-0.05, 0) is 31.0 Å². The molecule has 0 aliphatic rings. The molecule has 1 rings (SSSR count). The molecule has 0 atom stereocenters. The third-order valence-electron chi connectivity index (χ3n) is 3.95. The van der Waals surface area contributed by atoms with Crippen LogP contribution in [0, 0.1) is 0 Å². The van der Waals surface area contributed by atoms with E-state index in [0.717, 1.165) is 6.07 Å². The van der Waals surface area contributed by atoms with Crippen LogP contribution in [0.2, 0.25) is 0 Å². The van der Waals surface area contributed by atoms with Crippen molar-refractivity contribution >= 4 is 15.9 Å². The summed E-state index contributed by atoms with van der Waals surface area (Å²) >= 11 is 0. The van der Waals surface area contributed by atoms with Gasteiger partial charge >= 0.3 is 6.18 Å². The lowest BCUT2D eigenvalue weighted by Crippen LogP contribution is -2.52. The van der Waals surface area contributed by atoms with Crippen molar-refractivity contribution in [3.8, 4) is 0 Å². The monoisotopic (exact) mass is 381 g/mol. The highest BCUT2D eigenvalue weighted by Gasteiger charge is 2.31. The molecular formula is C15H22F3N3O3S. The summed E-state index contributed by atoms with van der Waals surface area (Å²) in [5.74, 6) is -1.01. The molecule has 0 saturated carbocycles. The minimum Gasteiger partial charge on any atom is -0.343 e. The lowest BCUT2D eigenvalue weighted by Gasteiger charge is -2.31. The lowest BCUT2D eigenvalue weighted by atomic mass is 9.95. The predicted molar refractivity (Wildman–Crippen MR) is 87.5 cm³/mol. The fourth-order valence-corrected chi connectivity index (χ4v) is 3.76. The lowest BCUT2D eigenvalue weighted by molar-refractivity contribution is -0.123. The molecule has 4 N–H and O–H groups in total. The molecule has 0 aliphatic carbocycles. The molecule has 0 saturated heterocycles. The van der Waals surface area contributed by atoms with Crippen molar-refractivity contribution in [3.63, 3.8) is 0 Å². The Labute approximate surface area is 145 Å². The molecule has 1 aromatic rings. The molecule has 0 aliphatic heterocycles. The van der Waals surface area contributed by atoms with Crippen LogP contribution in [-0.4, -0.2) is 39.1 Å². The molecule has 142 valence electrons. The molecule has 10 heteroatoms. The molecular weight excluding hydrogens is 359 g/mol. The van der Waals surface area contributed by atoms with Gasteiger partial charge in [-0.2, -0.15) is 13.2 Å². The van der Waals surface area contributed by atoms with E-state index < -0.39 is 34.2 Å². The molecule has 0 spiro atoms. The van der Waals surface area contributed by atoms with Gasteiger partial charge in [-0.15, -0.1) is 0 Å². The SMILES string of the molecule is CCC(CC)(CN)NS(=O)(=O)c1cccc(C(=O)NCC(F)(F)F)c1. The topological polar surface area (TPSA) is 101 Å². The summed E-state index contributed by atoms with van der Waals surface area (Å²) in [5, 5.41) is 1.70. The highest BCUT2D eigenvalue weighted by Crippen LogP contribution is 2.20. The zero-order valence-corrected chi connectivity index (χ0v) is 14.8. The van der Waals surface area contributed by atoms with E-state index in [0.29, 0.717) is 12.8 Å². The molecule has 0 unspecified atom stereocenters. The average Bonchev–Trinajstić information content (AvgIpc) is 2.57. The summed E-state index contributed by atoms with van der Waals surface area (Å²) in [6.07, 6.45) is -3.63. The van der Waals surface area contributed by atoms with E-state index in [1.807, 2.05) is 0 Å². The van der Waals surface area contributed by atoms with Crippen molar-refractivity contribution in [2.24, 2.45) is 5.73 Å². The first-order valence-electron chi connectivity index (χ1n) is 7.67. The van der Waals surface area contributed by atoms with Gasteiger partial charge in [0.05, 0.1) is 4.90 Å². The standard InChI is InChI=1S/C15H22F3N3O3S/c1-3-14(4-2,9-19)21-25(23,24)12-7-5-6-11(8-12)13(22)20-10-15(16,17)18/h5-8,21H,3-4,9-10,19H2,1-2H3,(H,20,22). The van der Waals surface area contributed by atoms with Crippen molar-refractivity contribution in [2.45, 2.75) is 43.3 Å². The quantitative estimate of drug-likeness (QED) is 0.639. The van der Waals surface area contributed by atoms with Crippen LogP contribution in [0.25, 0.3) is 0 Å². The van der Waals surface area contributed by atoms with Gasteiger partial charge in [-0.1, -0.05) is 19.9 Å². The summed E-state index contributed by atoms with van der Waals surface area (Å²) in [5.41, 5.74) is 4.67. The van der Waals surface area contributed by atoms with E-state index in [1.165, 1.54) is 18.2 Å². The Hall–Kier alpha value is -1.65. The fraction of sp³-hybridized carbons (Fsp3) is 0.533. The summed E-state index contributed by atoms with van der Waals surface area (Å²) in [4.78, 5) is 11.6. The molecule has 0 fully saturated rings. The first kappa shape index (κ1) is 21.4. The van der Waals surface area contributed by atoms with E-state index in [9.17, 15) is 26.4 Å². The van der Waals surface area contributed by atoms with Crippen molar-refractivity contribution in [3.05, 3.63) is 29.8 Å². The molecule has 0 heterocycles. The number of hydrogen-bond donors (Lipinski definition) is 3. The first-order chi connectivity index (χ1) is 11.5. The van der Waals surface area contributed by atoms with Gasteiger partial charge in [0.25, 0.3) is 5.91 Å². The Bertz CT molecular complexity index is 693. The number of nitrogens with two attached hydrogens (primary N) is 1. The van der Waals surface area contributed by atoms with Crippen molar-refractivity contribution in [1.82, 2.24) is 10.0 Å². The second-order valence-electron chi connectivity index (χ2n) is 5.62. The number of rotatable bonds is 8. The van der Waals surface area contributed by atoms with E-state index in [-0.39, 0.29) is 17.0 Å². The first-order valence-corrected chi connectivity index (χ1v) is 9.16. The molecule has 6 nitrogen and oxygen atoms in total. The van der Waals surface area contributed by atoms with E-state index in [4.69, 9.17) is 5.73 Å². The highest BCUT2D eigenvalue weighted by molar-refractivity contribution is 7.89. The number of carbonyl (C=O) groups is 1. The largest absolute Gasteiger partial charge is 0.405 e. The number of benzene rings is 1. The van der Waals surface area contributed by atoms with Crippen LogP contribution >= 0.6 is 0 Å². The van der Waals surface area contributed by atoms with E-state index in [2.05, 4.69) is 4.72 Å². The zero-order chi connectivity index (χ0) is 19.3. The van der Waals surface area contributed by atoms with Crippen LogP contribution in [-0.2, 0) is 10.0 Å². The van der Waals surface area contributed by atoms with Gasteiger partial charge in [-0.25, -0.2) is 13.1 Å². The number of alkyl halides is 3. The normalized spacial score (nSPS) is 12.9. The van der Waals surface area contributed by atoms with Crippen LogP contribution in [0.5, 0.6) is 0 Å². The Balaban J connectivity index is 3.05. The minimum absolute atomic E-state index is 0.0883. The van der Waals surface area contributed by atoms with Gasteiger partial charge in [0, 0.05) is 17.6 Å². The Morgan fingerprint density at radius 2 is 1.80 bits per heavy atom. The smallest absolute Gasteiger partial charge is 0.343 e. The summed E-state index contributed by atoms with van der Waals surface area (Å²) < 4.78 is 64.1. The minimum atomic E-state index is -4.55. The van der Waals surface area contributed by atoms with E-state index in [1.54, 1.807) is 19.2 Å². The molecule has 0 bridgehead atoms. The third-order valence-corrected chi connectivity index (χ3v) is 5.53. The van der Waals surface area contributed by atoms with Crippen LogP contribution in [0.4, 0.5) is 13.2 Å². The molecule has 0 radical (unpaired) electrons. The maximum absolute atomic E-state index is 12.5. The van der Waals surface area contributed by atoms with Crippen molar-refractivity contribution in [2.75, 3.05) is 13.1 Å². The number of nitrogens with one attached hydrogen (secondary N) is 2. The number of amides is 1. The second kappa shape index (κ2) is 8.15. The maximum atomic E-state index is 12.5. The Morgan fingerprint density at radius 1 is 1.20 bits per heavy atom. The van der Waals surface area contributed by atoms with Gasteiger partial charge in [0.2, 0.25) is 10.0 Å². The summed E-state index contributed by atoms with van der Waals surface area (Å²) in [6.45, 7) is 2.17. The van der Waals surface area contributed by atoms with Crippen molar-refractivity contribution < 1.29 is 26.4 Å². The summed E-state index contributed by atoms with van der Waals surface area (Å²) in [7, 11) is -3.99. The maximum Gasteiger partial charge on any atom is 0.405 e. The molecule has 1 aromatic carbocycles. The van der Waals surface area contributed by atoms with Crippen LogP contribution < -0.4 is 15.8 Å². The molecule has 0 aromatic heterocycles. The fourth-order valence-electron chi connectivity index (χ4n) is 2.16. The zero-order valence-electron chi connectivity index (χ0n) is 14.0. The number of hydrogen-bond acceptors (Lipinski definition) is 4. The Morgan fingerprint density at radius 3 is 2.28 bits per heavy atom. The summed E-state index contributed by atoms with van der Waals surface area (Å²) in [6, 6.07) is 4.82. The number of halogens is 3. The predicted octanol–water partition coefficient (Wildman–Crippen LogP) is 1.77. The van der Waals surface area contributed by atoms with Gasteiger partial charge < -0.3 is 11.1 Å². The van der Waals surface area contributed by atoms with Crippen molar-refractivity contribution in [1.29, 1.82) is 0 Å². The molecule has 1 amide bonds. The van der Waals surface area contributed by atoms with Crippen LogP contribution in [0.15, 0.2) is 29.2 Å². The van der Waals surface area contributed by atoms with Crippen LogP contribution in [0.3, 0.4) is 0 Å². The highest BCUT2D eigenvalue weighted by atomic mass is 32.2. The third kappa shape index (κ3) is 5.98.